The quantitative estimate of drug-likeness (QED) is 0.717. The number of fused-ring (bicyclic) bond motifs is 1. The summed E-state index contributed by atoms with van der Waals surface area (Å²) in [7, 11) is 4.08. The van der Waals surface area contributed by atoms with E-state index in [-0.39, 0.29) is 17.6 Å². The maximum atomic E-state index is 12.6. The van der Waals surface area contributed by atoms with Gasteiger partial charge < -0.3 is 15.1 Å². The van der Waals surface area contributed by atoms with Gasteiger partial charge in [0.1, 0.15) is 0 Å². The van der Waals surface area contributed by atoms with Gasteiger partial charge in [-0.2, -0.15) is 0 Å². The van der Waals surface area contributed by atoms with E-state index in [4.69, 9.17) is 0 Å². The molecule has 0 aliphatic carbocycles. The first-order valence-corrected chi connectivity index (χ1v) is 10.0. The summed E-state index contributed by atoms with van der Waals surface area (Å²) in [6, 6.07) is 11.4. The zero-order chi connectivity index (χ0) is 19.7. The molecule has 0 radical (unpaired) electrons. The van der Waals surface area contributed by atoms with Gasteiger partial charge in [-0.25, -0.2) is 9.78 Å². The molecule has 1 aliphatic heterocycles. The molecule has 28 heavy (non-hydrogen) atoms. The van der Waals surface area contributed by atoms with E-state index in [1.807, 2.05) is 32.3 Å². The van der Waals surface area contributed by atoms with Crippen LogP contribution in [0.2, 0.25) is 0 Å². The number of carbonyl (C=O) groups excluding carboxylic acids is 1. The topological polar surface area (TPSA) is 70.5 Å². The lowest BCUT2D eigenvalue weighted by Gasteiger charge is -2.39. The number of carbonyl (C=O) groups is 1. The molecule has 1 N–H and O–H groups in total. The fourth-order valence-corrected chi connectivity index (χ4v) is 4.40. The Morgan fingerprint density at radius 3 is 2.75 bits per heavy atom. The minimum absolute atomic E-state index is 0.0243. The first-order chi connectivity index (χ1) is 13.5. The molecule has 2 amide bonds. The molecule has 0 unspecified atom stereocenters. The van der Waals surface area contributed by atoms with E-state index in [9.17, 15) is 9.59 Å². The minimum atomic E-state index is -0.0967. The van der Waals surface area contributed by atoms with Gasteiger partial charge in [-0.05, 0) is 38.4 Å². The van der Waals surface area contributed by atoms with E-state index >= 15 is 0 Å². The Morgan fingerprint density at radius 1 is 1.21 bits per heavy atom. The number of benzene rings is 1. The van der Waals surface area contributed by atoms with E-state index in [0.717, 1.165) is 11.4 Å². The maximum Gasteiger partial charge on any atom is 0.317 e. The second kappa shape index (κ2) is 7.73. The predicted octanol–water partition coefficient (Wildman–Crippen LogP) is 2.29. The third-order valence-corrected chi connectivity index (χ3v) is 5.91. The predicted molar refractivity (Wildman–Crippen MR) is 111 cm³/mol. The highest BCUT2D eigenvalue weighted by molar-refractivity contribution is 7.11. The highest BCUT2D eigenvalue weighted by Gasteiger charge is 2.32. The molecule has 1 saturated heterocycles. The van der Waals surface area contributed by atoms with Gasteiger partial charge in [-0.15, -0.1) is 11.3 Å². The SMILES string of the molecule is CN(C)Cc1ccc(CNC(=O)N2CC(n3cnc4ccccc4c3=O)C2)s1. The van der Waals surface area contributed by atoms with E-state index in [0.29, 0.717) is 30.5 Å². The number of nitrogens with zero attached hydrogens (tertiary/aromatic N) is 4. The van der Waals surface area contributed by atoms with Gasteiger partial charge in [0.25, 0.3) is 5.56 Å². The lowest BCUT2D eigenvalue weighted by Crippen LogP contribution is -2.55. The van der Waals surface area contributed by atoms with Crippen LogP contribution < -0.4 is 10.9 Å². The number of aromatic nitrogens is 2. The molecule has 1 aliphatic rings. The first kappa shape index (κ1) is 18.6. The number of hydrogen-bond acceptors (Lipinski definition) is 5. The van der Waals surface area contributed by atoms with Gasteiger partial charge >= 0.3 is 6.03 Å². The van der Waals surface area contributed by atoms with Crippen LogP contribution in [0.5, 0.6) is 0 Å². The second-order valence-corrected chi connectivity index (χ2v) is 8.55. The molecule has 0 saturated carbocycles. The Hall–Kier alpha value is -2.71. The number of para-hydroxylation sites is 1. The molecule has 0 atom stereocenters. The van der Waals surface area contributed by atoms with Crippen molar-refractivity contribution in [1.82, 2.24) is 24.7 Å². The molecule has 8 heteroatoms. The van der Waals surface area contributed by atoms with Crippen LogP contribution in [0.15, 0.2) is 47.5 Å². The van der Waals surface area contributed by atoms with Gasteiger partial charge in [0.05, 0.1) is 29.8 Å². The highest BCUT2D eigenvalue weighted by Crippen LogP contribution is 2.21. The van der Waals surface area contributed by atoms with Crippen molar-refractivity contribution in [3.63, 3.8) is 0 Å². The van der Waals surface area contributed by atoms with Gasteiger partial charge in [0.2, 0.25) is 0 Å². The zero-order valence-corrected chi connectivity index (χ0v) is 16.8. The molecule has 3 heterocycles. The average Bonchev–Trinajstić information content (AvgIpc) is 3.07. The normalized spacial score (nSPS) is 14.5. The van der Waals surface area contributed by atoms with Crippen LogP contribution in [0.4, 0.5) is 4.79 Å². The van der Waals surface area contributed by atoms with Gasteiger partial charge in [0, 0.05) is 29.4 Å². The van der Waals surface area contributed by atoms with Crippen molar-refractivity contribution in [2.45, 2.75) is 19.1 Å². The van der Waals surface area contributed by atoms with Crippen molar-refractivity contribution in [1.29, 1.82) is 0 Å². The van der Waals surface area contributed by atoms with Crippen LogP contribution in [-0.4, -0.2) is 52.6 Å². The highest BCUT2D eigenvalue weighted by atomic mass is 32.1. The van der Waals surface area contributed by atoms with Crippen molar-refractivity contribution in [2.24, 2.45) is 0 Å². The molecule has 1 aromatic carbocycles. The zero-order valence-electron chi connectivity index (χ0n) is 16.0. The minimum Gasteiger partial charge on any atom is -0.333 e. The van der Waals surface area contributed by atoms with Crippen molar-refractivity contribution in [3.8, 4) is 0 Å². The van der Waals surface area contributed by atoms with E-state index in [1.54, 1.807) is 33.2 Å². The van der Waals surface area contributed by atoms with E-state index in [2.05, 4.69) is 27.3 Å². The third-order valence-electron chi connectivity index (χ3n) is 4.84. The molecule has 146 valence electrons. The van der Waals surface area contributed by atoms with Crippen LogP contribution in [0, 0.1) is 0 Å². The molecule has 0 bridgehead atoms. The van der Waals surface area contributed by atoms with Gasteiger partial charge in [-0.1, -0.05) is 12.1 Å². The summed E-state index contributed by atoms with van der Waals surface area (Å²) < 4.78 is 1.64. The van der Waals surface area contributed by atoms with Gasteiger partial charge in [0.15, 0.2) is 0 Å². The number of rotatable bonds is 5. The summed E-state index contributed by atoms with van der Waals surface area (Å²) in [4.78, 5) is 35.6. The monoisotopic (exact) mass is 397 g/mol. The summed E-state index contributed by atoms with van der Waals surface area (Å²) in [5, 5.41) is 3.57. The summed E-state index contributed by atoms with van der Waals surface area (Å²) in [6.07, 6.45) is 1.59. The van der Waals surface area contributed by atoms with Crippen LogP contribution in [0.3, 0.4) is 0 Å². The van der Waals surface area contributed by atoms with E-state index in [1.165, 1.54) is 4.88 Å². The molecule has 1 fully saturated rings. The Morgan fingerprint density at radius 2 is 1.96 bits per heavy atom. The third kappa shape index (κ3) is 3.79. The summed E-state index contributed by atoms with van der Waals surface area (Å²) in [6.45, 7) is 2.46. The van der Waals surface area contributed by atoms with Crippen molar-refractivity contribution < 1.29 is 4.79 Å². The lowest BCUT2D eigenvalue weighted by atomic mass is 10.1. The Balaban J connectivity index is 1.32. The number of thiophene rings is 1. The Labute approximate surface area is 167 Å². The van der Waals surface area contributed by atoms with Crippen molar-refractivity contribution in [2.75, 3.05) is 27.2 Å². The molecule has 3 aromatic rings. The van der Waals surface area contributed by atoms with Gasteiger partial charge in [-0.3, -0.25) is 9.36 Å². The van der Waals surface area contributed by atoms with Crippen molar-refractivity contribution >= 4 is 28.3 Å². The summed E-state index contributed by atoms with van der Waals surface area (Å²) in [5.74, 6) is 0. The molecule has 0 spiro atoms. The molecule has 7 nitrogen and oxygen atoms in total. The van der Waals surface area contributed by atoms with Crippen LogP contribution >= 0.6 is 11.3 Å². The Kier molecular flexibility index (Phi) is 5.15. The van der Waals surface area contributed by atoms with Crippen LogP contribution in [0.25, 0.3) is 10.9 Å². The summed E-state index contributed by atoms with van der Waals surface area (Å²) in [5.41, 5.74) is 0.643. The molecular weight excluding hydrogens is 374 g/mol. The largest absolute Gasteiger partial charge is 0.333 e. The molecule has 4 rings (SSSR count). The number of nitrogens with one attached hydrogen (secondary N) is 1. The number of likely N-dealkylation sites (tertiary alicyclic amines) is 1. The molecular formula is C20H23N5O2S. The number of hydrogen-bond donors (Lipinski definition) is 1. The fraction of sp³-hybridized carbons (Fsp3) is 0.350. The number of amides is 2. The van der Waals surface area contributed by atoms with E-state index < -0.39 is 0 Å². The second-order valence-electron chi connectivity index (χ2n) is 7.30. The molecule has 2 aromatic heterocycles. The average molecular weight is 398 g/mol. The lowest BCUT2D eigenvalue weighted by molar-refractivity contribution is 0.122. The number of urea groups is 1. The van der Waals surface area contributed by atoms with Crippen LogP contribution in [-0.2, 0) is 13.1 Å². The maximum absolute atomic E-state index is 12.6. The van der Waals surface area contributed by atoms with Crippen LogP contribution in [0.1, 0.15) is 15.8 Å². The Bertz CT molecular complexity index is 1050. The summed E-state index contributed by atoms with van der Waals surface area (Å²) >= 11 is 1.71. The smallest absolute Gasteiger partial charge is 0.317 e. The standard InChI is InChI=1S/C20H23N5O2S/c1-23(2)12-16-8-7-15(28-16)9-21-20(27)24-10-14(11-24)25-13-22-18-6-4-3-5-17(18)19(25)26/h3-8,13-14H,9-12H2,1-2H3,(H,21,27). The van der Waals surface area contributed by atoms with Crippen molar-refractivity contribution in [3.05, 3.63) is 62.8 Å². The first-order valence-electron chi connectivity index (χ1n) is 9.22. The fourth-order valence-electron chi connectivity index (χ4n) is 3.33.